The molecule has 7 heteroatoms. The molecular formula is C14H17N3O2S2. The minimum Gasteiger partial charge on any atom is -0.479 e. The van der Waals surface area contributed by atoms with Crippen molar-refractivity contribution in [3.8, 4) is 0 Å². The van der Waals surface area contributed by atoms with Gasteiger partial charge in [0, 0.05) is 12.0 Å². The number of anilines is 1. The molecular weight excluding hydrogens is 306 g/mol. The van der Waals surface area contributed by atoms with Crippen LogP contribution in [0.1, 0.15) is 36.9 Å². The number of hydrogen-bond acceptors (Lipinski definition) is 7. The molecule has 1 aliphatic rings. The predicted molar refractivity (Wildman–Crippen MR) is 88.4 cm³/mol. The van der Waals surface area contributed by atoms with Crippen molar-refractivity contribution in [2.24, 2.45) is 0 Å². The van der Waals surface area contributed by atoms with Crippen LogP contribution < -0.4 is 5.73 Å². The topological polar surface area (TPSA) is 74.2 Å². The van der Waals surface area contributed by atoms with Crippen molar-refractivity contribution in [1.29, 1.82) is 0 Å². The highest BCUT2D eigenvalue weighted by Crippen LogP contribution is 2.33. The summed E-state index contributed by atoms with van der Waals surface area (Å²) in [6, 6.07) is 0. The van der Waals surface area contributed by atoms with E-state index < -0.39 is 0 Å². The Hall–Kier alpha value is -1.34. The summed E-state index contributed by atoms with van der Waals surface area (Å²) in [5, 5.41) is 0.894. The minimum absolute atomic E-state index is 0.499. The van der Waals surface area contributed by atoms with Crippen LogP contribution in [0.3, 0.4) is 0 Å². The number of hydrogen-bond donors (Lipinski definition) is 1. The van der Waals surface area contributed by atoms with Crippen LogP contribution in [-0.4, -0.2) is 21.0 Å². The maximum absolute atomic E-state index is 6.11. The molecule has 0 saturated carbocycles. The van der Waals surface area contributed by atoms with Crippen LogP contribution in [0, 0.1) is 0 Å². The van der Waals surface area contributed by atoms with E-state index in [-0.39, 0.29) is 0 Å². The van der Waals surface area contributed by atoms with Gasteiger partial charge in [0.25, 0.3) is 0 Å². The van der Waals surface area contributed by atoms with Crippen molar-refractivity contribution >= 4 is 45.3 Å². The Labute approximate surface area is 132 Å². The van der Waals surface area contributed by atoms with E-state index in [9.17, 15) is 0 Å². The Morgan fingerprint density at radius 2 is 2.19 bits per heavy atom. The van der Waals surface area contributed by atoms with Gasteiger partial charge in [0.05, 0.1) is 17.7 Å². The zero-order valence-corrected chi connectivity index (χ0v) is 13.5. The largest absolute Gasteiger partial charge is 0.479 e. The zero-order valence-electron chi connectivity index (χ0n) is 11.8. The molecule has 3 rings (SSSR count). The molecule has 0 aliphatic heterocycles. The highest BCUT2D eigenvalue weighted by atomic mass is 32.2. The van der Waals surface area contributed by atoms with E-state index in [1.165, 1.54) is 23.7 Å². The van der Waals surface area contributed by atoms with Gasteiger partial charge in [-0.15, -0.1) is 0 Å². The van der Waals surface area contributed by atoms with Crippen molar-refractivity contribution < 1.29 is 9.15 Å². The Bertz CT molecular complexity index is 684. The second-order valence-corrected chi connectivity index (χ2v) is 6.47. The number of furan rings is 1. The lowest BCUT2D eigenvalue weighted by Gasteiger charge is -2.08. The van der Waals surface area contributed by atoms with E-state index in [2.05, 4.69) is 9.97 Å². The molecule has 0 unspecified atom stereocenters. The Kier molecular flexibility index (Phi) is 4.30. The average molecular weight is 323 g/mol. The third-order valence-electron chi connectivity index (χ3n) is 3.47. The molecule has 5 nitrogen and oxygen atoms in total. The van der Waals surface area contributed by atoms with Gasteiger partial charge in [-0.25, -0.2) is 4.98 Å². The lowest BCUT2D eigenvalue weighted by atomic mass is 9.96. The number of aryl methyl sites for hydroxylation is 2. The first-order chi connectivity index (χ1) is 10.2. The lowest BCUT2D eigenvalue weighted by molar-refractivity contribution is 0.346. The van der Waals surface area contributed by atoms with E-state index >= 15 is 0 Å². The van der Waals surface area contributed by atoms with Gasteiger partial charge in [-0.1, -0.05) is 11.8 Å². The summed E-state index contributed by atoms with van der Waals surface area (Å²) in [5.74, 6) is 2.68. The number of thiocarbonyl (C=S) groups is 1. The fourth-order valence-corrected chi connectivity index (χ4v) is 3.45. The maximum atomic E-state index is 6.11. The summed E-state index contributed by atoms with van der Waals surface area (Å²) in [6.45, 7) is 2.47. The van der Waals surface area contributed by atoms with Crippen LogP contribution in [0.5, 0.6) is 0 Å². The van der Waals surface area contributed by atoms with Crippen molar-refractivity contribution in [2.45, 2.75) is 38.4 Å². The quantitative estimate of drug-likeness (QED) is 0.869. The van der Waals surface area contributed by atoms with E-state index in [0.29, 0.717) is 34.1 Å². The molecule has 0 fully saturated rings. The molecule has 0 aromatic carbocycles. The molecule has 0 amide bonds. The van der Waals surface area contributed by atoms with E-state index in [1.54, 1.807) is 0 Å². The Morgan fingerprint density at radius 3 is 3.00 bits per heavy atom. The second-order valence-electron chi connectivity index (χ2n) is 4.89. The summed E-state index contributed by atoms with van der Waals surface area (Å²) in [7, 11) is 0. The van der Waals surface area contributed by atoms with Crippen LogP contribution in [0.2, 0.25) is 0 Å². The van der Waals surface area contributed by atoms with Gasteiger partial charge in [-0.2, -0.15) is 4.98 Å². The van der Waals surface area contributed by atoms with Crippen LogP contribution in [-0.2, 0) is 23.3 Å². The zero-order chi connectivity index (χ0) is 14.8. The third-order valence-corrected chi connectivity index (χ3v) is 4.70. The number of nitrogens with two attached hydrogens (primary N) is 1. The number of nitrogens with zero attached hydrogens (tertiary/aromatic N) is 2. The molecule has 2 aromatic heterocycles. The van der Waals surface area contributed by atoms with Gasteiger partial charge < -0.3 is 14.9 Å². The summed E-state index contributed by atoms with van der Waals surface area (Å²) in [5.41, 5.74) is 7.90. The molecule has 2 aromatic rings. The summed E-state index contributed by atoms with van der Waals surface area (Å²) in [4.78, 5) is 8.86. The fourth-order valence-electron chi connectivity index (χ4n) is 2.58. The first kappa shape index (κ1) is 14.6. The van der Waals surface area contributed by atoms with Gasteiger partial charge >= 0.3 is 0 Å². The van der Waals surface area contributed by atoms with Crippen molar-refractivity contribution in [3.05, 3.63) is 17.1 Å². The number of aromatic nitrogens is 2. The number of rotatable bonds is 3. The number of ether oxygens (including phenoxy) is 1. The van der Waals surface area contributed by atoms with E-state index in [4.69, 9.17) is 27.1 Å². The van der Waals surface area contributed by atoms with Gasteiger partial charge in [0.2, 0.25) is 10.1 Å². The normalized spacial score (nSPS) is 14.1. The molecule has 0 radical (unpaired) electrons. The third kappa shape index (κ3) is 2.98. The van der Waals surface area contributed by atoms with Crippen LogP contribution in [0.25, 0.3) is 11.1 Å². The first-order valence-electron chi connectivity index (χ1n) is 7.05. The summed E-state index contributed by atoms with van der Waals surface area (Å²) in [6.07, 6.45) is 4.29. The standard InChI is InChI=1S/C14H17N3O2S2/c1-2-18-14(20)21-7-10-16-12(15)11-8-5-3-4-6-9(8)19-13(11)17-10/h2-7H2,1H3,(H2,15,16,17). The highest BCUT2D eigenvalue weighted by Gasteiger charge is 2.21. The smallest absolute Gasteiger partial charge is 0.232 e. The second kappa shape index (κ2) is 6.19. The molecule has 2 heterocycles. The van der Waals surface area contributed by atoms with Crippen molar-refractivity contribution in [3.63, 3.8) is 0 Å². The van der Waals surface area contributed by atoms with Gasteiger partial charge in [0.15, 0.2) is 0 Å². The monoisotopic (exact) mass is 323 g/mol. The van der Waals surface area contributed by atoms with E-state index in [0.717, 1.165) is 30.4 Å². The summed E-state index contributed by atoms with van der Waals surface area (Å²) >= 11 is 6.48. The van der Waals surface area contributed by atoms with Gasteiger partial charge in [0.1, 0.15) is 17.4 Å². The fraction of sp³-hybridized carbons (Fsp3) is 0.500. The molecule has 0 spiro atoms. The molecule has 2 N–H and O–H groups in total. The molecule has 0 bridgehead atoms. The predicted octanol–water partition coefficient (Wildman–Crippen LogP) is 3.24. The number of nitrogen functional groups attached to an aromatic ring is 1. The van der Waals surface area contributed by atoms with Crippen LogP contribution in [0.4, 0.5) is 5.82 Å². The average Bonchev–Trinajstić information content (AvgIpc) is 2.84. The maximum Gasteiger partial charge on any atom is 0.232 e. The van der Waals surface area contributed by atoms with Gasteiger partial charge in [-0.3, -0.25) is 0 Å². The first-order valence-corrected chi connectivity index (χ1v) is 8.44. The SMILES string of the molecule is CCOC(=S)SCc1nc(N)c2c3c(oc2n1)CCCC3. The lowest BCUT2D eigenvalue weighted by Crippen LogP contribution is -2.03. The van der Waals surface area contributed by atoms with Crippen molar-refractivity contribution in [2.75, 3.05) is 12.3 Å². The van der Waals surface area contributed by atoms with Crippen LogP contribution >= 0.6 is 24.0 Å². The van der Waals surface area contributed by atoms with E-state index in [1.807, 2.05) is 6.92 Å². The van der Waals surface area contributed by atoms with Gasteiger partial charge in [-0.05, 0) is 38.4 Å². The Balaban J connectivity index is 1.87. The minimum atomic E-state index is 0.499. The van der Waals surface area contributed by atoms with Crippen molar-refractivity contribution in [1.82, 2.24) is 9.97 Å². The molecule has 1 aliphatic carbocycles. The molecule has 112 valence electrons. The number of thioether (sulfide) groups is 1. The Morgan fingerprint density at radius 1 is 1.38 bits per heavy atom. The number of fused-ring (bicyclic) bond motifs is 3. The molecule has 21 heavy (non-hydrogen) atoms. The molecule has 0 saturated heterocycles. The highest BCUT2D eigenvalue weighted by molar-refractivity contribution is 8.22. The molecule has 0 atom stereocenters. The van der Waals surface area contributed by atoms with Crippen LogP contribution in [0.15, 0.2) is 4.42 Å². The summed E-state index contributed by atoms with van der Waals surface area (Å²) < 4.78 is 11.6.